The van der Waals surface area contributed by atoms with E-state index in [-0.39, 0.29) is 5.56 Å². The van der Waals surface area contributed by atoms with Crippen LogP contribution in [0.1, 0.15) is 5.69 Å². The fourth-order valence-corrected chi connectivity index (χ4v) is 0.962. The van der Waals surface area contributed by atoms with E-state index in [1.54, 1.807) is 12.1 Å². The SMILES string of the molecule is O=c1[nH]c(CCl)ccc1Br. The first kappa shape index (κ1) is 7.82. The van der Waals surface area contributed by atoms with Crippen LogP contribution in [-0.4, -0.2) is 4.98 Å². The number of H-pyrrole nitrogens is 1. The first-order chi connectivity index (χ1) is 4.74. The number of nitrogens with one attached hydrogen (secondary N) is 1. The first-order valence-electron chi connectivity index (χ1n) is 2.67. The van der Waals surface area contributed by atoms with Crippen LogP contribution in [-0.2, 0) is 5.88 Å². The summed E-state index contributed by atoms with van der Waals surface area (Å²) >= 11 is 8.54. The monoisotopic (exact) mass is 221 g/mol. The molecule has 0 aliphatic heterocycles. The number of rotatable bonds is 1. The van der Waals surface area contributed by atoms with Crippen molar-refractivity contribution in [2.45, 2.75) is 5.88 Å². The molecule has 0 atom stereocenters. The topological polar surface area (TPSA) is 32.9 Å². The molecule has 0 amide bonds. The predicted molar refractivity (Wildman–Crippen MR) is 44.3 cm³/mol. The summed E-state index contributed by atoms with van der Waals surface area (Å²) in [6.45, 7) is 0. The van der Waals surface area contributed by atoms with Crippen molar-refractivity contribution in [2.75, 3.05) is 0 Å². The van der Waals surface area contributed by atoms with Crippen LogP contribution in [0.4, 0.5) is 0 Å². The van der Waals surface area contributed by atoms with E-state index in [4.69, 9.17) is 11.6 Å². The molecule has 0 aliphatic carbocycles. The van der Waals surface area contributed by atoms with E-state index in [2.05, 4.69) is 20.9 Å². The van der Waals surface area contributed by atoms with Crippen LogP contribution in [0.25, 0.3) is 0 Å². The molecular weight excluding hydrogens is 217 g/mol. The van der Waals surface area contributed by atoms with E-state index < -0.39 is 0 Å². The van der Waals surface area contributed by atoms with Gasteiger partial charge in [-0.3, -0.25) is 4.79 Å². The molecule has 0 saturated heterocycles. The number of hydrogen-bond donors (Lipinski definition) is 1. The second kappa shape index (κ2) is 3.21. The van der Waals surface area contributed by atoms with E-state index >= 15 is 0 Å². The van der Waals surface area contributed by atoms with E-state index in [0.717, 1.165) is 5.69 Å². The minimum atomic E-state index is -0.141. The van der Waals surface area contributed by atoms with Crippen molar-refractivity contribution >= 4 is 27.5 Å². The van der Waals surface area contributed by atoms with Gasteiger partial charge in [0.1, 0.15) is 0 Å². The smallest absolute Gasteiger partial charge is 0.262 e. The van der Waals surface area contributed by atoms with Gasteiger partial charge in [0.2, 0.25) is 0 Å². The molecular formula is C6H5BrClNO. The number of pyridine rings is 1. The summed E-state index contributed by atoms with van der Waals surface area (Å²) in [6.07, 6.45) is 0. The van der Waals surface area contributed by atoms with Crippen LogP contribution in [0.15, 0.2) is 21.4 Å². The van der Waals surface area contributed by atoms with Gasteiger partial charge in [-0.05, 0) is 28.1 Å². The van der Waals surface area contributed by atoms with Gasteiger partial charge in [0.05, 0.1) is 10.4 Å². The van der Waals surface area contributed by atoms with Gasteiger partial charge in [-0.1, -0.05) is 0 Å². The summed E-state index contributed by atoms with van der Waals surface area (Å²) in [5.74, 6) is 0.336. The highest BCUT2D eigenvalue weighted by Gasteiger charge is 1.94. The van der Waals surface area contributed by atoms with E-state index in [1.165, 1.54) is 0 Å². The molecule has 0 unspecified atom stereocenters. The standard InChI is InChI=1S/C6H5BrClNO/c7-5-2-1-4(3-8)9-6(5)10/h1-2H,3H2,(H,9,10). The molecule has 0 aliphatic rings. The molecule has 1 aromatic heterocycles. The lowest BCUT2D eigenvalue weighted by atomic mass is 10.4. The van der Waals surface area contributed by atoms with Gasteiger partial charge in [-0.15, -0.1) is 11.6 Å². The third kappa shape index (κ3) is 1.61. The normalized spacial score (nSPS) is 9.80. The van der Waals surface area contributed by atoms with Crippen LogP contribution < -0.4 is 5.56 Å². The third-order valence-corrected chi connectivity index (χ3v) is 1.98. The number of alkyl halides is 1. The Kier molecular flexibility index (Phi) is 2.51. The average Bonchev–Trinajstić information content (AvgIpc) is 1.95. The maximum Gasteiger partial charge on any atom is 0.262 e. The fraction of sp³-hybridized carbons (Fsp3) is 0.167. The van der Waals surface area contributed by atoms with Gasteiger partial charge in [0.25, 0.3) is 5.56 Å². The molecule has 4 heteroatoms. The lowest BCUT2D eigenvalue weighted by molar-refractivity contribution is 1.11. The summed E-state index contributed by atoms with van der Waals surface area (Å²) in [4.78, 5) is 13.4. The molecule has 54 valence electrons. The number of aromatic nitrogens is 1. The second-order valence-electron chi connectivity index (χ2n) is 1.79. The minimum absolute atomic E-state index is 0.141. The fourth-order valence-electron chi connectivity index (χ4n) is 0.575. The van der Waals surface area contributed by atoms with Crippen LogP contribution in [0.5, 0.6) is 0 Å². The van der Waals surface area contributed by atoms with Gasteiger partial charge in [-0.25, -0.2) is 0 Å². The van der Waals surface area contributed by atoms with Crippen molar-refractivity contribution < 1.29 is 0 Å². The molecule has 0 saturated carbocycles. The Morgan fingerprint density at radius 3 is 2.80 bits per heavy atom. The molecule has 0 aromatic carbocycles. The van der Waals surface area contributed by atoms with Crippen LogP contribution >= 0.6 is 27.5 Å². The summed E-state index contributed by atoms with van der Waals surface area (Å²) in [5.41, 5.74) is 0.591. The molecule has 0 bridgehead atoms. The Morgan fingerprint density at radius 2 is 2.30 bits per heavy atom. The molecule has 0 fully saturated rings. The largest absolute Gasteiger partial charge is 0.324 e. The molecule has 10 heavy (non-hydrogen) atoms. The maximum absolute atomic E-state index is 10.8. The summed E-state index contributed by atoms with van der Waals surface area (Å²) in [5, 5.41) is 0. The summed E-state index contributed by atoms with van der Waals surface area (Å²) in [6, 6.07) is 3.44. The lowest BCUT2D eigenvalue weighted by Crippen LogP contribution is -2.07. The molecule has 0 radical (unpaired) electrons. The third-order valence-electron chi connectivity index (χ3n) is 1.07. The maximum atomic E-state index is 10.8. The highest BCUT2D eigenvalue weighted by Crippen LogP contribution is 2.03. The van der Waals surface area contributed by atoms with Crippen LogP contribution in [0.2, 0.25) is 0 Å². The van der Waals surface area contributed by atoms with Gasteiger partial charge in [-0.2, -0.15) is 0 Å². The van der Waals surface area contributed by atoms with Crippen molar-refractivity contribution in [2.24, 2.45) is 0 Å². The number of aromatic amines is 1. The Labute approximate surface area is 71.3 Å². The average molecular weight is 222 g/mol. The first-order valence-corrected chi connectivity index (χ1v) is 4.00. The van der Waals surface area contributed by atoms with Crippen molar-refractivity contribution in [1.82, 2.24) is 4.98 Å². The Morgan fingerprint density at radius 1 is 1.60 bits per heavy atom. The van der Waals surface area contributed by atoms with E-state index in [1.807, 2.05) is 0 Å². The molecule has 1 heterocycles. The minimum Gasteiger partial charge on any atom is -0.324 e. The lowest BCUT2D eigenvalue weighted by Gasteiger charge is -1.93. The quantitative estimate of drug-likeness (QED) is 0.723. The highest BCUT2D eigenvalue weighted by atomic mass is 79.9. The molecule has 1 aromatic rings. The summed E-state index contributed by atoms with van der Waals surface area (Å²) in [7, 11) is 0. The second-order valence-corrected chi connectivity index (χ2v) is 2.92. The Hall–Kier alpha value is -0.280. The van der Waals surface area contributed by atoms with Crippen molar-refractivity contribution in [3.63, 3.8) is 0 Å². The van der Waals surface area contributed by atoms with Crippen molar-refractivity contribution in [3.05, 3.63) is 32.7 Å². The van der Waals surface area contributed by atoms with Crippen LogP contribution in [0, 0.1) is 0 Å². The van der Waals surface area contributed by atoms with E-state index in [9.17, 15) is 4.79 Å². The van der Waals surface area contributed by atoms with Crippen molar-refractivity contribution in [1.29, 1.82) is 0 Å². The zero-order valence-electron chi connectivity index (χ0n) is 5.03. The van der Waals surface area contributed by atoms with Gasteiger partial charge in [0, 0.05) is 5.69 Å². The van der Waals surface area contributed by atoms with Gasteiger partial charge < -0.3 is 4.98 Å². The molecule has 2 nitrogen and oxygen atoms in total. The zero-order chi connectivity index (χ0) is 7.56. The van der Waals surface area contributed by atoms with E-state index in [0.29, 0.717) is 10.4 Å². The van der Waals surface area contributed by atoms with Gasteiger partial charge >= 0.3 is 0 Å². The Balaban J connectivity index is 3.17. The highest BCUT2D eigenvalue weighted by molar-refractivity contribution is 9.10. The molecule has 1 N–H and O–H groups in total. The predicted octanol–water partition coefficient (Wildman–Crippen LogP) is 1.88. The van der Waals surface area contributed by atoms with Gasteiger partial charge in [0.15, 0.2) is 0 Å². The molecule has 1 rings (SSSR count). The Bertz CT molecular complexity index is 283. The number of hydrogen-bond acceptors (Lipinski definition) is 1. The van der Waals surface area contributed by atoms with Crippen LogP contribution in [0.3, 0.4) is 0 Å². The number of halogens is 2. The zero-order valence-corrected chi connectivity index (χ0v) is 7.37. The molecule has 0 spiro atoms. The summed E-state index contributed by atoms with van der Waals surface area (Å²) < 4.78 is 0.529. The van der Waals surface area contributed by atoms with Crippen molar-refractivity contribution in [3.8, 4) is 0 Å².